The van der Waals surface area contributed by atoms with Crippen molar-refractivity contribution in [2.24, 2.45) is 11.8 Å². The van der Waals surface area contributed by atoms with Crippen LogP contribution >= 0.6 is 0 Å². The lowest BCUT2D eigenvalue weighted by Gasteiger charge is -2.37. The summed E-state index contributed by atoms with van der Waals surface area (Å²) in [5, 5.41) is 0. The molecule has 0 radical (unpaired) electrons. The molecule has 4 atom stereocenters. The molecule has 33 heavy (non-hydrogen) atoms. The van der Waals surface area contributed by atoms with Gasteiger partial charge in [0.05, 0.1) is 34.8 Å². The highest BCUT2D eigenvalue weighted by atomic mass is 16.5. The molecule has 7 heteroatoms. The summed E-state index contributed by atoms with van der Waals surface area (Å²) >= 11 is 0. The van der Waals surface area contributed by atoms with E-state index in [4.69, 9.17) is 9.47 Å². The molecule has 178 valence electrons. The van der Waals surface area contributed by atoms with Gasteiger partial charge in [-0.2, -0.15) is 0 Å². The minimum atomic E-state index is -0.646. The summed E-state index contributed by atoms with van der Waals surface area (Å²) in [6.45, 7) is 13.1. The van der Waals surface area contributed by atoms with Gasteiger partial charge in [-0.15, -0.1) is 0 Å². The highest BCUT2D eigenvalue weighted by Crippen LogP contribution is 2.56. The van der Waals surface area contributed by atoms with E-state index >= 15 is 0 Å². The number of imide groups is 1. The number of nitrogens with zero attached hydrogens (tertiary/aromatic N) is 3. The zero-order valence-corrected chi connectivity index (χ0v) is 20.1. The fourth-order valence-electron chi connectivity index (χ4n) is 6.05. The molecule has 3 saturated heterocycles. The second kappa shape index (κ2) is 8.13. The number of hydrogen-bond acceptors (Lipinski definition) is 6. The molecular formula is C26H35N3O4. The second-order valence-electron chi connectivity index (χ2n) is 10.4. The Morgan fingerprint density at radius 2 is 1.58 bits per heavy atom. The Morgan fingerprint density at radius 3 is 2.18 bits per heavy atom. The summed E-state index contributed by atoms with van der Waals surface area (Å²) in [4.78, 5) is 32.5. The summed E-state index contributed by atoms with van der Waals surface area (Å²) in [7, 11) is 0. The number of piperazine rings is 1. The van der Waals surface area contributed by atoms with Crippen molar-refractivity contribution in [3.63, 3.8) is 0 Å². The van der Waals surface area contributed by atoms with Gasteiger partial charge in [0.2, 0.25) is 11.8 Å². The van der Waals surface area contributed by atoms with Gasteiger partial charge in [-0.25, -0.2) is 0 Å². The third-order valence-electron chi connectivity index (χ3n) is 7.61. The molecule has 0 N–H and O–H groups in total. The Hall–Kier alpha value is -2.38. The predicted octanol–water partition coefficient (Wildman–Crippen LogP) is 2.70. The van der Waals surface area contributed by atoms with Gasteiger partial charge >= 0.3 is 0 Å². The summed E-state index contributed by atoms with van der Waals surface area (Å²) in [6.07, 6.45) is 4.87. The zero-order chi connectivity index (χ0) is 23.4. The van der Waals surface area contributed by atoms with Crippen molar-refractivity contribution >= 4 is 17.5 Å². The van der Waals surface area contributed by atoms with Crippen molar-refractivity contribution in [1.82, 2.24) is 9.80 Å². The number of ether oxygens (including phenoxy) is 2. The molecule has 5 rings (SSSR count). The number of anilines is 1. The third-order valence-corrected chi connectivity index (χ3v) is 7.61. The van der Waals surface area contributed by atoms with E-state index in [0.717, 1.165) is 50.6 Å². The number of para-hydroxylation sites is 2. The molecule has 7 nitrogen and oxygen atoms in total. The fraction of sp³-hybridized carbons (Fsp3) is 0.615. The van der Waals surface area contributed by atoms with Crippen LogP contribution in [0, 0.1) is 11.8 Å². The molecule has 0 spiro atoms. The molecule has 4 aliphatic rings. The number of rotatable bonds is 7. The first-order chi connectivity index (χ1) is 15.7. The zero-order valence-electron chi connectivity index (χ0n) is 20.1. The minimum Gasteiger partial charge on any atom is -0.489 e. The second-order valence-corrected chi connectivity index (χ2v) is 10.4. The first kappa shape index (κ1) is 22.4. The van der Waals surface area contributed by atoms with Crippen molar-refractivity contribution in [3.8, 4) is 5.75 Å². The van der Waals surface area contributed by atoms with E-state index in [1.165, 1.54) is 4.90 Å². The standard InChI is InChI=1S/C26H35N3O4/c1-18(2)32-20-9-6-5-8-19(20)28-16-14-27(15-17-28)12-7-13-29-23(30)21-22(24(29)31)26(4)11-10-25(21,3)33-26/h5-6,8-11,18,21-22H,7,12-17H2,1-4H3. The number of likely N-dealkylation sites (tertiary alicyclic amines) is 1. The van der Waals surface area contributed by atoms with Crippen molar-refractivity contribution < 1.29 is 19.1 Å². The molecule has 2 bridgehead atoms. The Kier molecular flexibility index (Phi) is 5.52. The van der Waals surface area contributed by atoms with Gasteiger partial charge in [0.25, 0.3) is 0 Å². The van der Waals surface area contributed by atoms with Gasteiger partial charge in [-0.05, 0) is 52.8 Å². The Bertz CT molecular complexity index is 934. The van der Waals surface area contributed by atoms with E-state index in [0.29, 0.717) is 6.54 Å². The number of benzene rings is 1. The van der Waals surface area contributed by atoms with Crippen LogP contribution in [-0.4, -0.2) is 78.2 Å². The quantitative estimate of drug-likeness (QED) is 0.467. The largest absolute Gasteiger partial charge is 0.489 e. The normalized spacial score (nSPS) is 33.5. The monoisotopic (exact) mass is 453 g/mol. The Morgan fingerprint density at radius 1 is 0.970 bits per heavy atom. The van der Waals surface area contributed by atoms with Crippen LogP contribution in [0.5, 0.6) is 5.75 Å². The van der Waals surface area contributed by atoms with E-state index < -0.39 is 11.2 Å². The average Bonchev–Trinajstić information content (AvgIpc) is 3.33. The molecule has 4 unspecified atom stereocenters. The van der Waals surface area contributed by atoms with E-state index in [9.17, 15) is 9.59 Å². The maximum Gasteiger partial charge on any atom is 0.236 e. The van der Waals surface area contributed by atoms with Crippen LogP contribution in [0.1, 0.15) is 34.1 Å². The molecule has 1 aromatic rings. The molecule has 0 aliphatic carbocycles. The predicted molar refractivity (Wildman–Crippen MR) is 126 cm³/mol. The van der Waals surface area contributed by atoms with Crippen LogP contribution in [0.4, 0.5) is 5.69 Å². The highest BCUT2D eigenvalue weighted by Gasteiger charge is 2.70. The lowest BCUT2D eigenvalue weighted by atomic mass is 9.73. The van der Waals surface area contributed by atoms with Gasteiger partial charge in [0, 0.05) is 32.7 Å². The van der Waals surface area contributed by atoms with Crippen molar-refractivity contribution in [1.29, 1.82) is 0 Å². The number of amides is 2. The van der Waals surface area contributed by atoms with E-state index in [2.05, 4.69) is 21.9 Å². The minimum absolute atomic E-state index is 0.0628. The van der Waals surface area contributed by atoms with Crippen LogP contribution < -0.4 is 9.64 Å². The molecule has 0 saturated carbocycles. The Balaban J connectivity index is 1.13. The molecule has 0 aromatic heterocycles. The van der Waals surface area contributed by atoms with E-state index in [1.54, 1.807) is 0 Å². The summed E-state index contributed by atoms with van der Waals surface area (Å²) in [5.74, 6) is 0.0556. The molecule has 1 aromatic carbocycles. The first-order valence-corrected chi connectivity index (χ1v) is 12.2. The van der Waals surface area contributed by atoms with Crippen LogP contribution in [0.15, 0.2) is 36.4 Å². The van der Waals surface area contributed by atoms with Crippen LogP contribution in [0.2, 0.25) is 0 Å². The highest BCUT2D eigenvalue weighted by molar-refractivity contribution is 6.07. The van der Waals surface area contributed by atoms with Gasteiger partial charge in [-0.1, -0.05) is 24.3 Å². The maximum absolute atomic E-state index is 13.1. The van der Waals surface area contributed by atoms with Gasteiger partial charge < -0.3 is 14.4 Å². The molecule has 3 fully saturated rings. The smallest absolute Gasteiger partial charge is 0.236 e. The topological polar surface area (TPSA) is 62.3 Å². The van der Waals surface area contributed by atoms with Crippen LogP contribution in [0.3, 0.4) is 0 Å². The lowest BCUT2D eigenvalue weighted by Crippen LogP contribution is -2.47. The van der Waals surface area contributed by atoms with Crippen molar-refractivity contribution in [3.05, 3.63) is 36.4 Å². The maximum atomic E-state index is 13.1. The van der Waals surface area contributed by atoms with Gasteiger partial charge in [-0.3, -0.25) is 19.4 Å². The number of fused-ring (bicyclic) bond motifs is 5. The Labute approximate surface area is 196 Å². The summed E-state index contributed by atoms with van der Waals surface area (Å²) in [6, 6.07) is 8.24. The molecular weight excluding hydrogens is 418 g/mol. The average molecular weight is 454 g/mol. The number of carbonyl (C=O) groups is 2. The van der Waals surface area contributed by atoms with Crippen LogP contribution in [0.25, 0.3) is 0 Å². The lowest BCUT2D eigenvalue weighted by molar-refractivity contribution is -0.146. The number of hydrogen-bond donors (Lipinski definition) is 0. The van der Waals surface area contributed by atoms with Crippen LogP contribution in [-0.2, 0) is 14.3 Å². The van der Waals surface area contributed by atoms with Gasteiger partial charge in [0.1, 0.15) is 5.75 Å². The summed E-state index contributed by atoms with van der Waals surface area (Å²) in [5.41, 5.74) is -0.141. The SMILES string of the molecule is CC(C)Oc1ccccc1N1CCN(CCCN2C(=O)C3C(C2=O)C2(C)C=CC3(C)O2)CC1. The summed E-state index contributed by atoms with van der Waals surface area (Å²) < 4.78 is 12.1. The molecule has 4 heterocycles. The molecule has 4 aliphatic heterocycles. The van der Waals surface area contributed by atoms with E-state index in [-0.39, 0.29) is 29.8 Å². The third kappa shape index (κ3) is 3.75. The van der Waals surface area contributed by atoms with E-state index in [1.807, 2.05) is 52.0 Å². The van der Waals surface area contributed by atoms with Gasteiger partial charge in [0.15, 0.2) is 0 Å². The first-order valence-electron chi connectivity index (χ1n) is 12.2. The number of carbonyl (C=O) groups excluding carboxylic acids is 2. The van der Waals surface area contributed by atoms with Crippen molar-refractivity contribution in [2.45, 2.75) is 51.4 Å². The van der Waals surface area contributed by atoms with Crippen molar-refractivity contribution in [2.75, 3.05) is 44.2 Å². The fourth-order valence-corrected chi connectivity index (χ4v) is 6.05. The molecule has 2 amide bonds.